The lowest BCUT2D eigenvalue weighted by molar-refractivity contribution is -0.104. The van der Waals surface area contributed by atoms with Crippen LogP contribution in [0.25, 0.3) is 0 Å². The van der Waals surface area contributed by atoms with Crippen molar-refractivity contribution in [3.05, 3.63) is 12.2 Å². The first-order valence-electron chi connectivity index (χ1n) is 5.58. The summed E-state index contributed by atoms with van der Waals surface area (Å²) in [6.45, 7) is 5.25. The number of hydrogen-bond donors (Lipinski definition) is 1. The molecule has 7 nitrogen and oxygen atoms in total. The number of hydrazine groups is 1. The van der Waals surface area contributed by atoms with Crippen LogP contribution in [0.1, 0.15) is 20.8 Å². The molecule has 102 valence electrons. The molecule has 18 heavy (non-hydrogen) atoms. The summed E-state index contributed by atoms with van der Waals surface area (Å²) in [6, 6.07) is -0.543. The maximum Gasteiger partial charge on any atom is 0.429 e. The van der Waals surface area contributed by atoms with E-state index >= 15 is 0 Å². The fourth-order valence-electron chi connectivity index (χ4n) is 1.06. The van der Waals surface area contributed by atoms with Gasteiger partial charge in [0.05, 0.1) is 19.3 Å². The van der Waals surface area contributed by atoms with Crippen LogP contribution in [0.15, 0.2) is 12.2 Å². The zero-order valence-electron chi connectivity index (χ0n) is 10.7. The number of nitrogens with zero attached hydrogens (tertiary/aromatic N) is 1. The Bertz CT molecular complexity index is 317. The lowest BCUT2D eigenvalue weighted by atomic mass is 10.3. The van der Waals surface area contributed by atoms with E-state index in [-0.39, 0.29) is 13.2 Å². The van der Waals surface area contributed by atoms with E-state index in [2.05, 4.69) is 10.2 Å². The Morgan fingerprint density at radius 3 is 2.39 bits per heavy atom. The van der Waals surface area contributed by atoms with Crippen LogP contribution in [0.3, 0.4) is 0 Å². The minimum Gasteiger partial charge on any atom is -0.449 e. The normalized spacial score (nSPS) is 11.7. The lowest BCUT2D eigenvalue weighted by Gasteiger charge is -2.25. The highest BCUT2D eigenvalue weighted by Crippen LogP contribution is 2.01. The molecule has 0 aromatic heterocycles. The van der Waals surface area contributed by atoms with Gasteiger partial charge in [0.25, 0.3) is 0 Å². The Balaban J connectivity index is 4.70. The van der Waals surface area contributed by atoms with E-state index < -0.39 is 18.2 Å². The van der Waals surface area contributed by atoms with Gasteiger partial charge in [0, 0.05) is 0 Å². The van der Waals surface area contributed by atoms with E-state index in [1.807, 2.05) is 0 Å². The third kappa shape index (κ3) is 5.88. The molecule has 1 N–H and O–H groups in total. The van der Waals surface area contributed by atoms with Crippen molar-refractivity contribution in [1.29, 1.82) is 0 Å². The summed E-state index contributed by atoms with van der Waals surface area (Å²) in [5, 5.41) is 0.946. The van der Waals surface area contributed by atoms with Gasteiger partial charge in [0.2, 0.25) is 0 Å². The largest absolute Gasteiger partial charge is 0.449 e. The van der Waals surface area contributed by atoms with Crippen molar-refractivity contribution in [3.63, 3.8) is 0 Å². The van der Waals surface area contributed by atoms with Crippen molar-refractivity contribution < 1.29 is 23.9 Å². The van der Waals surface area contributed by atoms with Crippen molar-refractivity contribution in [1.82, 2.24) is 10.4 Å². The van der Waals surface area contributed by atoms with Gasteiger partial charge in [-0.2, -0.15) is 0 Å². The molecule has 0 rings (SSSR count). The fraction of sp³-hybridized carbons (Fsp3) is 0.545. The molecule has 0 saturated heterocycles. The molecule has 7 heteroatoms. The van der Waals surface area contributed by atoms with Crippen LogP contribution in [0.2, 0.25) is 0 Å². The molecule has 0 aliphatic rings. The van der Waals surface area contributed by atoms with Crippen molar-refractivity contribution in [2.75, 3.05) is 13.2 Å². The first kappa shape index (κ1) is 16.0. The number of rotatable bonds is 5. The van der Waals surface area contributed by atoms with Gasteiger partial charge in [0.15, 0.2) is 0 Å². The fourth-order valence-corrected chi connectivity index (χ4v) is 1.06. The first-order valence-corrected chi connectivity index (χ1v) is 5.58. The first-order chi connectivity index (χ1) is 8.56. The standard InChI is InChI=1S/C11H18N2O5/c1-4-17-10(15)12-13(11(16)18-5-2)9(3)7-6-8-14/h6-9H,4-5H2,1-3H3,(H,12,15)/b7-6+/t9-/m0/s1. The third-order valence-electron chi connectivity index (χ3n) is 1.83. The van der Waals surface area contributed by atoms with Gasteiger partial charge in [-0.25, -0.2) is 20.0 Å². The molecule has 0 aromatic rings. The predicted octanol–water partition coefficient (Wildman–Crippen LogP) is 1.25. The summed E-state index contributed by atoms with van der Waals surface area (Å²) in [4.78, 5) is 33.1. The molecular formula is C11H18N2O5. The maximum absolute atomic E-state index is 11.6. The number of aldehydes is 1. The predicted molar refractivity (Wildman–Crippen MR) is 63.7 cm³/mol. The van der Waals surface area contributed by atoms with E-state index in [9.17, 15) is 14.4 Å². The van der Waals surface area contributed by atoms with E-state index in [0.717, 1.165) is 5.01 Å². The van der Waals surface area contributed by atoms with Crippen LogP contribution in [-0.2, 0) is 14.3 Å². The molecule has 0 aliphatic carbocycles. The van der Waals surface area contributed by atoms with E-state index in [0.29, 0.717) is 6.29 Å². The average molecular weight is 258 g/mol. The summed E-state index contributed by atoms with van der Waals surface area (Å²) < 4.78 is 9.44. The van der Waals surface area contributed by atoms with Crippen LogP contribution in [0.4, 0.5) is 9.59 Å². The Hall–Kier alpha value is -2.05. The van der Waals surface area contributed by atoms with Crippen molar-refractivity contribution >= 4 is 18.5 Å². The number of carbonyl (C=O) groups excluding carboxylic acids is 3. The molecule has 0 radical (unpaired) electrons. The second-order valence-electron chi connectivity index (χ2n) is 3.16. The summed E-state index contributed by atoms with van der Waals surface area (Å²) >= 11 is 0. The van der Waals surface area contributed by atoms with Crippen molar-refractivity contribution in [2.45, 2.75) is 26.8 Å². The third-order valence-corrected chi connectivity index (χ3v) is 1.83. The molecule has 2 amide bonds. The minimum absolute atomic E-state index is 0.171. The molecule has 1 atom stereocenters. The summed E-state index contributed by atoms with van der Waals surface area (Å²) in [7, 11) is 0. The zero-order chi connectivity index (χ0) is 14.0. The topological polar surface area (TPSA) is 84.9 Å². The number of carbonyl (C=O) groups is 3. The number of nitrogens with one attached hydrogen (secondary N) is 1. The molecule has 0 aliphatic heterocycles. The lowest BCUT2D eigenvalue weighted by Crippen LogP contribution is -2.50. The van der Waals surface area contributed by atoms with Crippen LogP contribution >= 0.6 is 0 Å². The van der Waals surface area contributed by atoms with Crippen molar-refractivity contribution in [2.24, 2.45) is 0 Å². The van der Waals surface area contributed by atoms with Gasteiger partial charge in [-0.15, -0.1) is 0 Å². The monoisotopic (exact) mass is 258 g/mol. The van der Waals surface area contributed by atoms with Gasteiger partial charge < -0.3 is 9.47 Å². The van der Waals surface area contributed by atoms with E-state index in [1.165, 1.54) is 12.2 Å². The van der Waals surface area contributed by atoms with E-state index in [4.69, 9.17) is 4.74 Å². The van der Waals surface area contributed by atoms with Crippen LogP contribution in [0.5, 0.6) is 0 Å². The Labute approximate surface area is 106 Å². The summed E-state index contributed by atoms with van der Waals surface area (Å²) in [5.41, 5.74) is 2.24. The highest BCUT2D eigenvalue weighted by Gasteiger charge is 2.22. The van der Waals surface area contributed by atoms with Gasteiger partial charge in [-0.05, 0) is 26.8 Å². The molecule has 0 bridgehead atoms. The Kier molecular flexibility index (Phi) is 8.00. The molecular weight excluding hydrogens is 240 g/mol. The van der Waals surface area contributed by atoms with Gasteiger partial charge in [-0.1, -0.05) is 6.08 Å². The Morgan fingerprint density at radius 2 is 1.89 bits per heavy atom. The quantitative estimate of drug-likeness (QED) is 0.455. The molecule has 0 unspecified atom stereocenters. The summed E-state index contributed by atoms with van der Waals surface area (Å²) in [6.07, 6.45) is 1.75. The average Bonchev–Trinajstić information content (AvgIpc) is 2.33. The molecule has 0 fully saturated rings. The second kappa shape index (κ2) is 9.03. The highest BCUT2D eigenvalue weighted by atomic mass is 16.6. The number of ether oxygens (including phenoxy) is 2. The maximum atomic E-state index is 11.6. The smallest absolute Gasteiger partial charge is 0.429 e. The molecule has 0 heterocycles. The van der Waals surface area contributed by atoms with E-state index in [1.54, 1.807) is 20.8 Å². The van der Waals surface area contributed by atoms with Crippen molar-refractivity contribution in [3.8, 4) is 0 Å². The van der Waals surface area contributed by atoms with Crippen LogP contribution < -0.4 is 5.43 Å². The SMILES string of the molecule is CCOC(=O)NN(C(=O)OCC)[C@@H](C)/C=C/C=O. The zero-order valence-corrected chi connectivity index (χ0v) is 10.7. The van der Waals surface area contributed by atoms with Crippen LogP contribution in [0, 0.1) is 0 Å². The second-order valence-corrected chi connectivity index (χ2v) is 3.16. The minimum atomic E-state index is -0.767. The number of allylic oxidation sites excluding steroid dienone is 1. The molecule has 0 saturated carbocycles. The van der Waals surface area contributed by atoms with Gasteiger partial charge >= 0.3 is 12.2 Å². The van der Waals surface area contributed by atoms with Gasteiger partial charge in [0.1, 0.15) is 6.29 Å². The molecule has 0 aromatic carbocycles. The number of hydrogen-bond acceptors (Lipinski definition) is 5. The van der Waals surface area contributed by atoms with Crippen LogP contribution in [-0.4, -0.2) is 42.7 Å². The summed E-state index contributed by atoms with van der Waals surface area (Å²) in [5.74, 6) is 0. The van der Waals surface area contributed by atoms with Gasteiger partial charge in [-0.3, -0.25) is 4.79 Å². The Morgan fingerprint density at radius 1 is 1.28 bits per heavy atom. The molecule has 0 spiro atoms. The number of amides is 2. The highest BCUT2D eigenvalue weighted by molar-refractivity contribution is 5.74.